The molecule has 1 aliphatic rings. The number of ether oxygens (including phenoxy) is 1. The monoisotopic (exact) mass is 424 g/mol. The molecule has 0 atom stereocenters. The number of piperazine rings is 1. The van der Waals surface area contributed by atoms with Crippen molar-refractivity contribution in [2.75, 3.05) is 50.6 Å². The average molecular weight is 425 g/mol. The summed E-state index contributed by atoms with van der Waals surface area (Å²) in [6.45, 7) is 6.11. The van der Waals surface area contributed by atoms with E-state index < -0.39 is 0 Å². The molecule has 1 fully saturated rings. The minimum atomic E-state index is -0.270. The van der Waals surface area contributed by atoms with Gasteiger partial charge in [0.25, 0.3) is 5.91 Å². The number of rotatable bonds is 4. The van der Waals surface area contributed by atoms with E-state index in [-0.39, 0.29) is 5.91 Å². The number of amides is 1. The Morgan fingerprint density at radius 2 is 1.87 bits per heavy atom. The van der Waals surface area contributed by atoms with Crippen molar-refractivity contribution < 1.29 is 9.53 Å². The van der Waals surface area contributed by atoms with E-state index in [0.717, 1.165) is 48.5 Å². The van der Waals surface area contributed by atoms with Crippen molar-refractivity contribution in [2.24, 2.45) is 0 Å². The zero-order chi connectivity index (χ0) is 21.3. The van der Waals surface area contributed by atoms with Gasteiger partial charge in [-0.1, -0.05) is 11.6 Å². The van der Waals surface area contributed by atoms with Gasteiger partial charge in [0, 0.05) is 42.3 Å². The van der Waals surface area contributed by atoms with Crippen LogP contribution in [0.1, 0.15) is 15.9 Å². The molecule has 1 saturated heterocycles. The second-order valence-electron chi connectivity index (χ2n) is 7.62. The molecule has 0 unspecified atom stereocenters. The Kier molecular flexibility index (Phi) is 5.79. The lowest BCUT2D eigenvalue weighted by molar-refractivity contribution is 0.102. The number of halogens is 1. The fourth-order valence-corrected chi connectivity index (χ4v) is 3.88. The van der Waals surface area contributed by atoms with Gasteiger partial charge in [-0.15, -0.1) is 0 Å². The van der Waals surface area contributed by atoms with E-state index in [1.54, 1.807) is 18.2 Å². The van der Waals surface area contributed by atoms with Crippen LogP contribution in [0.4, 0.5) is 11.5 Å². The van der Waals surface area contributed by atoms with Crippen LogP contribution in [0, 0.1) is 6.92 Å². The van der Waals surface area contributed by atoms with Crippen LogP contribution in [-0.2, 0) is 0 Å². The van der Waals surface area contributed by atoms with E-state index in [0.29, 0.717) is 22.0 Å². The number of aryl methyl sites for hydroxylation is 1. The first-order valence-electron chi connectivity index (χ1n) is 9.94. The first-order valence-corrected chi connectivity index (χ1v) is 10.3. The maximum atomic E-state index is 12.8. The first-order chi connectivity index (χ1) is 14.4. The van der Waals surface area contributed by atoms with Crippen LogP contribution in [-0.4, -0.2) is 56.1 Å². The number of carbonyl (C=O) groups excluding carboxylic acids is 1. The van der Waals surface area contributed by atoms with Gasteiger partial charge < -0.3 is 19.9 Å². The highest BCUT2D eigenvalue weighted by Crippen LogP contribution is 2.27. The van der Waals surface area contributed by atoms with Crippen LogP contribution in [0.5, 0.6) is 5.75 Å². The van der Waals surface area contributed by atoms with E-state index >= 15 is 0 Å². The molecule has 1 amide bonds. The Labute approximate surface area is 181 Å². The summed E-state index contributed by atoms with van der Waals surface area (Å²) < 4.78 is 5.29. The topological polar surface area (TPSA) is 57.7 Å². The quantitative estimate of drug-likeness (QED) is 0.679. The molecule has 30 heavy (non-hydrogen) atoms. The summed E-state index contributed by atoms with van der Waals surface area (Å²) >= 11 is 6.06. The Balaban J connectivity index is 1.59. The molecule has 1 aliphatic heterocycles. The highest BCUT2D eigenvalue weighted by molar-refractivity contribution is 6.31. The molecule has 0 spiro atoms. The highest BCUT2D eigenvalue weighted by Gasteiger charge is 2.17. The highest BCUT2D eigenvalue weighted by atomic mass is 35.5. The number of hydrogen-bond acceptors (Lipinski definition) is 5. The normalized spacial score (nSPS) is 14.7. The summed E-state index contributed by atoms with van der Waals surface area (Å²) in [4.78, 5) is 22.3. The number of fused-ring (bicyclic) bond motifs is 1. The number of aromatic nitrogens is 1. The number of likely N-dealkylation sites (N-methyl/N-ethyl adjacent to an activating group) is 1. The molecule has 1 N–H and O–H groups in total. The van der Waals surface area contributed by atoms with Crippen LogP contribution >= 0.6 is 11.6 Å². The molecule has 4 rings (SSSR count). The zero-order valence-electron chi connectivity index (χ0n) is 17.4. The predicted octanol–water partition coefficient (Wildman–Crippen LogP) is 4.21. The van der Waals surface area contributed by atoms with Crippen LogP contribution in [0.15, 0.2) is 42.5 Å². The largest absolute Gasteiger partial charge is 0.496 e. The summed E-state index contributed by atoms with van der Waals surface area (Å²) in [6.07, 6.45) is 0. The number of nitrogens with zero attached hydrogens (tertiary/aromatic N) is 3. The van der Waals surface area contributed by atoms with Gasteiger partial charge >= 0.3 is 0 Å². The van der Waals surface area contributed by atoms with Crippen LogP contribution < -0.4 is 15.0 Å². The summed E-state index contributed by atoms with van der Waals surface area (Å²) in [5.41, 5.74) is 3.14. The molecule has 2 heterocycles. The number of carbonyl (C=O) groups is 1. The fourth-order valence-electron chi connectivity index (χ4n) is 3.71. The third-order valence-corrected chi connectivity index (χ3v) is 5.73. The standard InChI is InChI=1S/C23H25ClN4O2/c1-15-12-22(28-10-8-27(2)9-11-28)26-20-6-5-17(14-18(15)20)25-23(29)19-13-16(24)4-7-21(19)30-3/h4-7,12-14H,8-11H2,1-3H3,(H,25,29). The van der Waals surface area contributed by atoms with E-state index in [9.17, 15) is 4.79 Å². The summed E-state index contributed by atoms with van der Waals surface area (Å²) in [5, 5.41) is 4.44. The predicted molar refractivity (Wildman–Crippen MR) is 122 cm³/mol. The van der Waals surface area contributed by atoms with Crippen LogP contribution in [0.2, 0.25) is 5.02 Å². The van der Waals surface area contributed by atoms with Gasteiger partial charge in [0.1, 0.15) is 11.6 Å². The fraction of sp³-hybridized carbons (Fsp3) is 0.304. The second kappa shape index (κ2) is 8.50. The molecular formula is C23H25ClN4O2. The Hall–Kier alpha value is -2.83. The third-order valence-electron chi connectivity index (χ3n) is 5.49. The SMILES string of the molecule is COc1ccc(Cl)cc1C(=O)Nc1ccc2nc(N3CCN(C)CC3)cc(C)c2c1. The molecule has 1 aromatic heterocycles. The Bertz CT molecular complexity index is 1090. The smallest absolute Gasteiger partial charge is 0.259 e. The van der Waals surface area contributed by atoms with Crippen molar-refractivity contribution in [1.29, 1.82) is 0 Å². The molecule has 156 valence electrons. The van der Waals surface area contributed by atoms with Crippen LogP contribution in [0.25, 0.3) is 10.9 Å². The van der Waals surface area contributed by atoms with E-state index in [1.165, 1.54) is 7.11 Å². The number of nitrogens with one attached hydrogen (secondary N) is 1. The van der Waals surface area contributed by atoms with Gasteiger partial charge in [0.05, 0.1) is 18.2 Å². The maximum Gasteiger partial charge on any atom is 0.259 e. The lowest BCUT2D eigenvalue weighted by Gasteiger charge is -2.33. The van der Waals surface area contributed by atoms with Crippen molar-refractivity contribution in [3.63, 3.8) is 0 Å². The van der Waals surface area contributed by atoms with Crippen molar-refractivity contribution >= 4 is 39.9 Å². The number of hydrogen-bond donors (Lipinski definition) is 1. The Morgan fingerprint density at radius 1 is 1.10 bits per heavy atom. The number of anilines is 2. The molecule has 2 aromatic carbocycles. The summed E-state index contributed by atoms with van der Waals surface area (Å²) in [7, 11) is 3.67. The van der Waals surface area contributed by atoms with Gasteiger partial charge in [-0.3, -0.25) is 4.79 Å². The maximum absolute atomic E-state index is 12.8. The minimum absolute atomic E-state index is 0.270. The molecule has 0 aliphatic carbocycles. The van der Waals surface area contributed by atoms with E-state index in [2.05, 4.69) is 35.2 Å². The Morgan fingerprint density at radius 3 is 2.60 bits per heavy atom. The summed E-state index contributed by atoms with van der Waals surface area (Å²) in [6, 6.07) is 12.9. The molecule has 3 aromatic rings. The van der Waals surface area contributed by atoms with E-state index in [4.69, 9.17) is 21.3 Å². The average Bonchev–Trinajstić information content (AvgIpc) is 2.74. The minimum Gasteiger partial charge on any atom is -0.496 e. The second-order valence-corrected chi connectivity index (χ2v) is 8.05. The van der Waals surface area contributed by atoms with Crippen molar-refractivity contribution in [2.45, 2.75) is 6.92 Å². The lowest BCUT2D eigenvalue weighted by Crippen LogP contribution is -2.44. The third kappa shape index (κ3) is 4.20. The zero-order valence-corrected chi connectivity index (χ0v) is 18.2. The molecule has 0 radical (unpaired) electrons. The van der Waals surface area contributed by atoms with Gasteiger partial charge in [0.2, 0.25) is 0 Å². The van der Waals surface area contributed by atoms with Gasteiger partial charge in [0.15, 0.2) is 0 Å². The number of pyridine rings is 1. The van der Waals surface area contributed by atoms with Crippen molar-refractivity contribution in [1.82, 2.24) is 9.88 Å². The van der Waals surface area contributed by atoms with Gasteiger partial charge in [-0.05, 0) is 62.0 Å². The van der Waals surface area contributed by atoms with Crippen LogP contribution in [0.3, 0.4) is 0 Å². The lowest BCUT2D eigenvalue weighted by atomic mass is 10.1. The first kappa shape index (κ1) is 20.4. The molecule has 0 saturated carbocycles. The number of benzene rings is 2. The summed E-state index contributed by atoms with van der Waals surface area (Å²) in [5.74, 6) is 1.22. The van der Waals surface area contributed by atoms with Gasteiger partial charge in [-0.25, -0.2) is 4.98 Å². The van der Waals surface area contributed by atoms with Crippen molar-refractivity contribution in [3.05, 3.63) is 58.6 Å². The van der Waals surface area contributed by atoms with Crippen molar-refractivity contribution in [3.8, 4) is 5.75 Å². The molecule has 6 nitrogen and oxygen atoms in total. The van der Waals surface area contributed by atoms with E-state index in [1.807, 2.05) is 18.2 Å². The number of methoxy groups -OCH3 is 1. The van der Waals surface area contributed by atoms with Gasteiger partial charge in [-0.2, -0.15) is 0 Å². The molecule has 0 bridgehead atoms. The molecule has 7 heteroatoms. The molecular weight excluding hydrogens is 400 g/mol.